The van der Waals surface area contributed by atoms with Crippen molar-refractivity contribution in [2.24, 2.45) is 0 Å². The molecule has 0 bridgehead atoms. The summed E-state index contributed by atoms with van der Waals surface area (Å²) >= 11 is 0. The standard InChI is InChI=1S/C19H20N6O4S/c1-13(25-12-21-11-22-25)18(26)23-15-6-8-16(9-7-15)24-19(27)14-4-3-5-17(10-14)30(28,29)20-2/h3-13,20H,1-2H3,(H,23,26)(H,24,27). The van der Waals surface area contributed by atoms with Crippen molar-refractivity contribution in [1.82, 2.24) is 19.5 Å². The van der Waals surface area contributed by atoms with Crippen LogP contribution >= 0.6 is 0 Å². The van der Waals surface area contributed by atoms with Crippen molar-refractivity contribution in [1.29, 1.82) is 0 Å². The van der Waals surface area contributed by atoms with Gasteiger partial charge in [-0.3, -0.25) is 9.59 Å². The van der Waals surface area contributed by atoms with Gasteiger partial charge < -0.3 is 10.6 Å². The molecule has 0 saturated heterocycles. The number of sulfonamides is 1. The van der Waals surface area contributed by atoms with E-state index in [9.17, 15) is 18.0 Å². The summed E-state index contributed by atoms with van der Waals surface area (Å²) in [6, 6.07) is 11.7. The highest BCUT2D eigenvalue weighted by Gasteiger charge is 2.16. The summed E-state index contributed by atoms with van der Waals surface area (Å²) in [4.78, 5) is 28.5. The maximum Gasteiger partial charge on any atom is 0.255 e. The molecule has 3 aromatic rings. The van der Waals surface area contributed by atoms with E-state index in [-0.39, 0.29) is 16.4 Å². The van der Waals surface area contributed by atoms with Gasteiger partial charge in [-0.05, 0) is 56.4 Å². The molecule has 0 radical (unpaired) electrons. The van der Waals surface area contributed by atoms with Crippen molar-refractivity contribution < 1.29 is 18.0 Å². The van der Waals surface area contributed by atoms with Gasteiger partial charge in [0.15, 0.2) is 0 Å². The van der Waals surface area contributed by atoms with Crippen molar-refractivity contribution in [3.63, 3.8) is 0 Å². The average Bonchev–Trinajstić information content (AvgIpc) is 3.29. The van der Waals surface area contributed by atoms with Crippen LogP contribution in [0.4, 0.5) is 11.4 Å². The molecule has 0 saturated carbocycles. The maximum atomic E-state index is 12.5. The van der Waals surface area contributed by atoms with Crippen LogP contribution in [0.1, 0.15) is 23.3 Å². The van der Waals surface area contributed by atoms with E-state index in [1.165, 1.54) is 48.6 Å². The third-order valence-corrected chi connectivity index (χ3v) is 5.71. The molecule has 11 heteroatoms. The van der Waals surface area contributed by atoms with Gasteiger partial charge in [-0.2, -0.15) is 5.10 Å². The highest BCUT2D eigenvalue weighted by Crippen LogP contribution is 2.17. The van der Waals surface area contributed by atoms with E-state index >= 15 is 0 Å². The van der Waals surface area contributed by atoms with Crippen LogP contribution in [0.3, 0.4) is 0 Å². The molecule has 2 aromatic carbocycles. The number of nitrogens with zero attached hydrogens (tertiary/aromatic N) is 3. The molecule has 2 amide bonds. The first kappa shape index (κ1) is 21.1. The molecule has 156 valence electrons. The molecule has 10 nitrogen and oxygen atoms in total. The summed E-state index contributed by atoms with van der Waals surface area (Å²) in [5, 5.41) is 9.39. The third kappa shape index (κ3) is 4.88. The Balaban J connectivity index is 1.65. The monoisotopic (exact) mass is 428 g/mol. The summed E-state index contributed by atoms with van der Waals surface area (Å²) in [6.07, 6.45) is 2.81. The Kier molecular flexibility index (Phi) is 6.23. The van der Waals surface area contributed by atoms with E-state index < -0.39 is 22.0 Å². The van der Waals surface area contributed by atoms with Gasteiger partial charge in [0.1, 0.15) is 18.7 Å². The van der Waals surface area contributed by atoms with Crippen molar-refractivity contribution in [3.8, 4) is 0 Å². The van der Waals surface area contributed by atoms with Gasteiger partial charge in [0.25, 0.3) is 5.91 Å². The van der Waals surface area contributed by atoms with E-state index in [4.69, 9.17) is 0 Å². The molecule has 0 fully saturated rings. The number of carbonyl (C=O) groups is 2. The van der Waals surface area contributed by atoms with Crippen LogP contribution in [-0.2, 0) is 14.8 Å². The molecule has 1 atom stereocenters. The number of anilines is 2. The molecule has 1 unspecified atom stereocenters. The second kappa shape index (κ2) is 8.84. The summed E-state index contributed by atoms with van der Waals surface area (Å²) in [5.41, 5.74) is 1.24. The third-order valence-electron chi connectivity index (χ3n) is 4.30. The molecular weight excluding hydrogens is 408 g/mol. The van der Waals surface area contributed by atoms with Gasteiger partial charge >= 0.3 is 0 Å². The van der Waals surface area contributed by atoms with Crippen LogP contribution in [0, 0.1) is 0 Å². The lowest BCUT2D eigenvalue weighted by atomic mass is 10.2. The lowest BCUT2D eigenvalue weighted by Gasteiger charge is -2.12. The Bertz CT molecular complexity index is 1140. The first-order valence-electron chi connectivity index (χ1n) is 8.90. The fourth-order valence-electron chi connectivity index (χ4n) is 2.55. The number of amides is 2. The van der Waals surface area contributed by atoms with Crippen LogP contribution in [0.25, 0.3) is 0 Å². The normalized spacial score (nSPS) is 12.2. The van der Waals surface area contributed by atoms with Gasteiger partial charge in [0, 0.05) is 16.9 Å². The second-order valence-corrected chi connectivity index (χ2v) is 8.19. The van der Waals surface area contributed by atoms with Crippen LogP contribution in [-0.4, -0.2) is 42.0 Å². The quantitative estimate of drug-likeness (QED) is 0.524. The minimum Gasteiger partial charge on any atom is -0.324 e. The predicted octanol–water partition coefficient (Wildman–Crippen LogP) is 1.64. The maximum absolute atomic E-state index is 12.5. The molecule has 1 heterocycles. The molecule has 30 heavy (non-hydrogen) atoms. The Morgan fingerprint density at radius 3 is 2.30 bits per heavy atom. The molecule has 3 N–H and O–H groups in total. The predicted molar refractivity (Wildman–Crippen MR) is 110 cm³/mol. The Hall–Kier alpha value is -3.57. The van der Waals surface area contributed by atoms with Crippen molar-refractivity contribution in [2.75, 3.05) is 17.7 Å². The zero-order valence-corrected chi connectivity index (χ0v) is 17.1. The first-order chi connectivity index (χ1) is 14.3. The van der Waals surface area contributed by atoms with E-state index in [1.54, 1.807) is 31.2 Å². The van der Waals surface area contributed by atoms with Gasteiger partial charge in [-0.25, -0.2) is 22.8 Å². The summed E-state index contributed by atoms with van der Waals surface area (Å²) in [6.45, 7) is 1.70. The Labute approximate surface area is 173 Å². The van der Waals surface area contributed by atoms with E-state index in [2.05, 4.69) is 25.4 Å². The summed E-state index contributed by atoms with van der Waals surface area (Å²) in [5.74, 6) is -0.723. The highest BCUT2D eigenvalue weighted by molar-refractivity contribution is 7.89. The number of nitrogens with one attached hydrogen (secondary N) is 3. The molecule has 0 aliphatic heterocycles. The largest absolute Gasteiger partial charge is 0.324 e. The van der Waals surface area contributed by atoms with Gasteiger partial charge in [0.05, 0.1) is 4.90 Å². The number of carbonyl (C=O) groups excluding carboxylic acids is 2. The zero-order chi connectivity index (χ0) is 21.7. The minimum absolute atomic E-state index is 0.00258. The second-order valence-electron chi connectivity index (χ2n) is 6.31. The number of hydrogen-bond acceptors (Lipinski definition) is 6. The average molecular weight is 428 g/mol. The molecule has 0 aliphatic rings. The molecule has 0 spiro atoms. The van der Waals surface area contributed by atoms with Crippen LogP contribution in [0.2, 0.25) is 0 Å². The van der Waals surface area contributed by atoms with E-state index in [0.717, 1.165) is 0 Å². The topological polar surface area (TPSA) is 135 Å². The first-order valence-corrected chi connectivity index (χ1v) is 10.4. The lowest BCUT2D eigenvalue weighted by molar-refractivity contribution is -0.119. The van der Waals surface area contributed by atoms with E-state index in [1.807, 2.05) is 0 Å². The minimum atomic E-state index is -3.65. The van der Waals surface area contributed by atoms with Crippen molar-refractivity contribution >= 4 is 33.2 Å². The Morgan fingerprint density at radius 1 is 1.03 bits per heavy atom. The SMILES string of the molecule is CNS(=O)(=O)c1cccc(C(=O)Nc2ccc(NC(=O)C(C)n3cncn3)cc2)c1. The summed E-state index contributed by atoms with van der Waals surface area (Å²) in [7, 11) is -2.35. The highest BCUT2D eigenvalue weighted by atomic mass is 32.2. The fraction of sp³-hybridized carbons (Fsp3) is 0.158. The number of rotatable bonds is 7. The summed E-state index contributed by atoms with van der Waals surface area (Å²) < 4.78 is 27.4. The van der Waals surface area contributed by atoms with Crippen LogP contribution in [0.15, 0.2) is 66.1 Å². The van der Waals surface area contributed by atoms with Gasteiger partial charge in [-0.1, -0.05) is 6.07 Å². The number of benzene rings is 2. The molecule has 3 rings (SSSR count). The fourth-order valence-corrected chi connectivity index (χ4v) is 3.32. The smallest absolute Gasteiger partial charge is 0.255 e. The van der Waals surface area contributed by atoms with E-state index in [0.29, 0.717) is 11.4 Å². The molecule has 1 aromatic heterocycles. The zero-order valence-electron chi connectivity index (χ0n) is 16.2. The van der Waals surface area contributed by atoms with Crippen molar-refractivity contribution in [2.45, 2.75) is 17.9 Å². The molecule has 0 aliphatic carbocycles. The van der Waals surface area contributed by atoms with Gasteiger partial charge in [0.2, 0.25) is 15.9 Å². The lowest BCUT2D eigenvalue weighted by Crippen LogP contribution is -2.24. The molecular formula is C19H20N6O4S. The van der Waals surface area contributed by atoms with Gasteiger partial charge in [-0.15, -0.1) is 0 Å². The number of aromatic nitrogens is 3. The van der Waals surface area contributed by atoms with Crippen LogP contribution in [0.5, 0.6) is 0 Å². The number of hydrogen-bond donors (Lipinski definition) is 3. The van der Waals surface area contributed by atoms with Crippen LogP contribution < -0.4 is 15.4 Å². The Morgan fingerprint density at radius 2 is 1.70 bits per heavy atom. The van der Waals surface area contributed by atoms with Crippen molar-refractivity contribution in [3.05, 3.63) is 66.7 Å².